The molecule has 58 valence electrons. The summed E-state index contributed by atoms with van der Waals surface area (Å²) in [7, 11) is 0. The molecule has 0 heterocycles. The van der Waals surface area contributed by atoms with Crippen LogP contribution in [0.4, 0.5) is 13.2 Å². The summed E-state index contributed by atoms with van der Waals surface area (Å²) in [6, 6.07) is 0. The van der Waals surface area contributed by atoms with Crippen LogP contribution in [0.5, 0.6) is 0 Å². The molecule has 0 aromatic heterocycles. The third-order valence-corrected chi connectivity index (χ3v) is 0.500. The number of aldehydes is 1. The molecule has 0 aliphatic carbocycles. The highest BCUT2D eigenvalue weighted by Gasteiger charge is 2.27. The summed E-state index contributed by atoms with van der Waals surface area (Å²) in [6.07, 6.45) is -2.48. The van der Waals surface area contributed by atoms with Gasteiger partial charge < -0.3 is 4.74 Å². The van der Waals surface area contributed by atoms with E-state index in [-0.39, 0.29) is 0 Å². The predicted molar refractivity (Wildman–Crippen MR) is 27.2 cm³/mol. The van der Waals surface area contributed by atoms with Gasteiger partial charge in [0.2, 0.25) is 0 Å². The van der Waals surface area contributed by atoms with Gasteiger partial charge >= 0.3 is 6.18 Å². The molecule has 0 unspecified atom stereocenters. The molecule has 0 bridgehead atoms. The van der Waals surface area contributed by atoms with Gasteiger partial charge in [0.05, 0.1) is 6.26 Å². The maximum atomic E-state index is 11.2. The molecule has 0 fully saturated rings. The Labute approximate surface area is 55.3 Å². The second kappa shape index (κ2) is 3.92. The second-order valence-corrected chi connectivity index (χ2v) is 1.39. The van der Waals surface area contributed by atoms with Crippen molar-refractivity contribution in [3.8, 4) is 0 Å². The first kappa shape index (κ1) is 9.00. The fourth-order valence-corrected chi connectivity index (χ4v) is 0.230. The van der Waals surface area contributed by atoms with Crippen LogP contribution in [0, 0.1) is 0 Å². The minimum Gasteiger partial charge on any atom is -0.492 e. The van der Waals surface area contributed by atoms with Crippen LogP contribution >= 0.6 is 0 Å². The quantitative estimate of drug-likeness (QED) is 0.347. The van der Waals surface area contributed by atoms with Crippen LogP contribution in [0.3, 0.4) is 0 Å². The summed E-state index contributed by atoms with van der Waals surface area (Å²) in [4.78, 5) is 9.48. The Balaban J connectivity index is 3.37. The van der Waals surface area contributed by atoms with Crippen molar-refractivity contribution in [2.24, 2.45) is 0 Å². The molecule has 0 aromatic rings. The van der Waals surface area contributed by atoms with Crippen LogP contribution in [0.1, 0.15) is 0 Å². The maximum absolute atomic E-state index is 11.2. The van der Waals surface area contributed by atoms with Gasteiger partial charge in [-0.25, -0.2) is 0 Å². The van der Waals surface area contributed by atoms with Crippen LogP contribution in [0.2, 0.25) is 0 Å². The lowest BCUT2D eigenvalue weighted by Gasteiger charge is -2.03. The van der Waals surface area contributed by atoms with E-state index in [1.165, 1.54) is 0 Å². The fraction of sp³-hybridized carbons (Fsp3) is 0.400. The van der Waals surface area contributed by atoms with Crippen LogP contribution < -0.4 is 0 Å². The first-order chi connectivity index (χ1) is 4.56. The first-order valence-corrected chi connectivity index (χ1v) is 2.35. The Morgan fingerprint density at radius 1 is 1.40 bits per heavy atom. The molecule has 2 nitrogen and oxygen atoms in total. The molecule has 0 atom stereocenters. The Bertz CT molecular complexity index is 127. The molecular weight excluding hydrogens is 149 g/mol. The van der Waals surface area contributed by atoms with E-state index in [4.69, 9.17) is 0 Å². The number of ether oxygens (including phenoxy) is 1. The molecule has 0 saturated heterocycles. The predicted octanol–water partition coefficient (Wildman–Crippen LogP) is 1.28. The van der Waals surface area contributed by atoms with Gasteiger partial charge in [-0.3, -0.25) is 4.79 Å². The second-order valence-electron chi connectivity index (χ2n) is 1.39. The highest BCUT2D eigenvalue weighted by Crippen LogP contribution is 2.14. The van der Waals surface area contributed by atoms with E-state index in [1.54, 1.807) is 0 Å². The van der Waals surface area contributed by atoms with Gasteiger partial charge in [0.25, 0.3) is 0 Å². The van der Waals surface area contributed by atoms with Crippen molar-refractivity contribution >= 4 is 6.29 Å². The molecule has 5 heteroatoms. The van der Waals surface area contributed by atoms with Crippen molar-refractivity contribution in [2.75, 3.05) is 6.61 Å². The lowest BCUT2D eigenvalue weighted by Crippen LogP contribution is -2.14. The number of allylic oxidation sites excluding steroid dienone is 1. The van der Waals surface area contributed by atoms with E-state index in [1.807, 2.05) is 0 Å². The maximum Gasteiger partial charge on any atom is 0.422 e. The van der Waals surface area contributed by atoms with Crippen molar-refractivity contribution in [3.63, 3.8) is 0 Å². The zero-order valence-electron chi connectivity index (χ0n) is 4.89. The smallest absolute Gasteiger partial charge is 0.422 e. The molecule has 0 radical (unpaired) electrons. The Hall–Kier alpha value is -1.00. The van der Waals surface area contributed by atoms with Crippen LogP contribution in [0.15, 0.2) is 12.3 Å². The summed E-state index contributed by atoms with van der Waals surface area (Å²) in [5, 5.41) is 0. The Morgan fingerprint density at radius 2 is 2.00 bits per heavy atom. The molecule has 10 heavy (non-hydrogen) atoms. The number of hydrogen-bond acceptors (Lipinski definition) is 2. The highest BCUT2D eigenvalue weighted by molar-refractivity contribution is 5.64. The van der Waals surface area contributed by atoms with Crippen molar-refractivity contribution in [1.82, 2.24) is 0 Å². The van der Waals surface area contributed by atoms with Gasteiger partial charge in [0, 0.05) is 6.08 Å². The number of hydrogen-bond donors (Lipinski definition) is 0. The Morgan fingerprint density at radius 3 is 2.40 bits per heavy atom. The minimum absolute atomic E-state index is 0.330. The normalized spacial score (nSPS) is 11.9. The van der Waals surface area contributed by atoms with E-state index in [2.05, 4.69) is 4.74 Å². The van der Waals surface area contributed by atoms with Gasteiger partial charge in [-0.15, -0.1) is 0 Å². The van der Waals surface area contributed by atoms with Gasteiger partial charge in [0.1, 0.15) is 6.29 Å². The topological polar surface area (TPSA) is 26.3 Å². The zero-order valence-corrected chi connectivity index (χ0v) is 4.89. The molecule has 0 amide bonds. The van der Waals surface area contributed by atoms with Crippen LogP contribution in [-0.2, 0) is 9.53 Å². The molecule has 0 aliphatic rings. The zero-order chi connectivity index (χ0) is 8.04. The third-order valence-electron chi connectivity index (χ3n) is 0.500. The first-order valence-electron chi connectivity index (χ1n) is 2.35. The SMILES string of the molecule is O=C/C=C\OCC(F)(F)F. The molecule has 0 saturated carbocycles. The van der Waals surface area contributed by atoms with Crippen molar-refractivity contribution in [1.29, 1.82) is 0 Å². The highest BCUT2D eigenvalue weighted by atomic mass is 19.4. The number of rotatable bonds is 3. The van der Waals surface area contributed by atoms with Gasteiger partial charge in [-0.2, -0.15) is 13.2 Å². The number of carbonyl (C=O) groups is 1. The van der Waals surface area contributed by atoms with Crippen LogP contribution in [0.25, 0.3) is 0 Å². The van der Waals surface area contributed by atoms with E-state index in [9.17, 15) is 18.0 Å². The van der Waals surface area contributed by atoms with E-state index in [0.29, 0.717) is 12.5 Å². The van der Waals surface area contributed by atoms with Gasteiger partial charge in [-0.05, 0) is 0 Å². The van der Waals surface area contributed by atoms with Crippen molar-refractivity contribution in [2.45, 2.75) is 6.18 Å². The summed E-state index contributed by atoms with van der Waals surface area (Å²) < 4.78 is 37.6. The number of alkyl halides is 3. The molecule has 0 aromatic carbocycles. The largest absolute Gasteiger partial charge is 0.492 e. The molecular formula is C5H5F3O2. The monoisotopic (exact) mass is 154 g/mol. The summed E-state index contributed by atoms with van der Waals surface area (Å²) >= 11 is 0. The van der Waals surface area contributed by atoms with Gasteiger partial charge in [-0.1, -0.05) is 0 Å². The third kappa shape index (κ3) is 7.00. The van der Waals surface area contributed by atoms with E-state index >= 15 is 0 Å². The summed E-state index contributed by atoms with van der Waals surface area (Å²) in [5.41, 5.74) is 0. The average Bonchev–Trinajstić information content (AvgIpc) is 1.78. The van der Waals surface area contributed by atoms with Crippen molar-refractivity contribution < 1.29 is 22.7 Å². The standard InChI is InChI=1S/C5H5F3O2/c6-5(7,8)4-10-3-1-2-9/h1-3H,4H2/b3-1-. The average molecular weight is 154 g/mol. The molecule has 0 spiro atoms. The summed E-state index contributed by atoms with van der Waals surface area (Å²) in [5.74, 6) is 0. The fourth-order valence-electron chi connectivity index (χ4n) is 0.230. The number of carbonyl (C=O) groups excluding carboxylic acids is 1. The van der Waals surface area contributed by atoms with Gasteiger partial charge in [0.15, 0.2) is 6.61 Å². The van der Waals surface area contributed by atoms with E-state index in [0.717, 1.165) is 6.08 Å². The molecule has 0 aliphatic heterocycles. The molecule has 0 N–H and O–H groups in total. The van der Waals surface area contributed by atoms with E-state index < -0.39 is 12.8 Å². The lowest BCUT2D eigenvalue weighted by atomic mass is 10.7. The number of halogens is 3. The Kier molecular flexibility index (Phi) is 3.53. The van der Waals surface area contributed by atoms with Crippen LogP contribution in [-0.4, -0.2) is 19.1 Å². The summed E-state index contributed by atoms with van der Waals surface area (Å²) in [6.45, 7) is -1.36. The van der Waals surface area contributed by atoms with Crippen molar-refractivity contribution in [3.05, 3.63) is 12.3 Å². The lowest BCUT2D eigenvalue weighted by molar-refractivity contribution is -0.161. The molecule has 0 rings (SSSR count). The minimum atomic E-state index is -4.34.